The van der Waals surface area contributed by atoms with Crippen molar-refractivity contribution in [2.45, 2.75) is 44.7 Å². The number of anilines is 3. The molecule has 0 saturated carbocycles. The van der Waals surface area contributed by atoms with Crippen LogP contribution >= 0.6 is 0 Å². The lowest BCUT2D eigenvalue weighted by Crippen LogP contribution is -2.46. The lowest BCUT2D eigenvalue weighted by atomic mass is 10.0. The van der Waals surface area contributed by atoms with Crippen molar-refractivity contribution in [2.75, 3.05) is 17.7 Å². The Kier molecular flexibility index (Phi) is 4.81. The van der Waals surface area contributed by atoms with Gasteiger partial charge in [0.15, 0.2) is 0 Å². The van der Waals surface area contributed by atoms with Gasteiger partial charge in [-0.15, -0.1) is 0 Å². The van der Waals surface area contributed by atoms with Gasteiger partial charge in [-0.2, -0.15) is 0 Å². The van der Waals surface area contributed by atoms with Crippen LogP contribution in [0.25, 0.3) is 0 Å². The molecule has 1 aliphatic heterocycles. The second kappa shape index (κ2) is 7.31. The third kappa shape index (κ3) is 3.37. The fourth-order valence-corrected chi connectivity index (χ4v) is 4.21. The van der Waals surface area contributed by atoms with E-state index in [-0.39, 0.29) is 23.0 Å². The number of rotatable bonds is 4. The van der Waals surface area contributed by atoms with E-state index in [9.17, 15) is 14.0 Å². The molecule has 1 spiro atoms. The van der Waals surface area contributed by atoms with Crippen molar-refractivity contribution in [3.8, 4) is 0 Å². The number of carbonyl (C=O) groups is 1. The van der Waals surface area contributed by atoms with Gasteiger partial charge in [0.1, 0.15) is 35.0 Å². The number of allylic oxidation sites excluding steroid dienone is 1. The van der Waals surface area contributed by atoms with E-state index < -0.39 is 12.3 Å². The Morgan fingerprint density at radius 2 is 2.14 bits per heavy atom. The smallest absolute Gasteiger partial charge is 0.277 e. The third-order valence-corrected chi connectivity index (χ3v) is 5.45. The molecule has 8 nitrogen and oxygen atoms in total. The second-order valence-electron chi connectivity index (χ2n) is 7.51. The zero-order valence-corrected chi connectivity index (χ0v) is 16.2. The maximum absolute atomic E-state index is 13.4. The number of nitrogens with one attached hydrogen (secondary N) is 2. The highest BCUT2D eigenvalue weighted by Gasteiger charge is 2.43. The number of halogens is 1. The van der Waals surface area contributed by atoms with Gasteiger partial charge in [-0.1, -0.05) is 5.57 Å². The highest BCUT2D eigenvalue weighted by atomic mass is 19.1. The van der Waals surface area contributed by atoms with Crippen LogP contribution in [0.4, 0.5) is 21.7 Å². The van der Waals surface area contributed by atoms with Gasteiger partial charge >= 0.3 is 0 Å². The van der Waals surface area contributed by atoms with Crippen molar-refractivity contribution in [1.29, 1.82) is 0 Å². The summed E-state index contributed by atoms with van der Waals surface area (Å²) in [4.78, 5) is 34.1. The van der Waals surface area contributed by atoms with Crippen molar-refractivity contribution >= 4 is 23.2 Å². The number of hydrogen-bond acceptors (Lipinski definition) is 6. The first kappa shape index (κ1) is 19.1. The van der Waals surface area contributed by atoms with E-state index in [0.717, 1.165) is 24.8 Å². The van der Waals surface area contributed by atoms with Gasteiger partial charge in [0.2, 0.25) is 0 Å². The first-order valence-electron chi connectivity index (χ1n) is 9.64. The second-order valence-corrected chi connectivity index (χ2v) is 7.51. The minimum Gasteiger partial charge on any atom is -0.384 e. The molecule has 9 heteroatoms. The summed E-state index contributed by atoms with van der Waals surface area (Å²) in [6, 6.07) is 3.16. The molecule has 0 fully saturated rings. The van der Waals surface area contributed by atoms with Crippen LogP contribution in [0.2, 0.25) is 0 Å². The van der Waals surface area contributed by atoms with Crippen molar-refractivity contribution in [1.82, 2.24) is 19.9 Å². The SMILES string of the molecule is Cc1cc(Nc2cc(N)ncn2)c(=O)n2c1C(=O)NC21C=C(CCF)CCCC1. The Morgan fingerprint density at radius 3 is 2.90 bits per heavy atom. The maximum atomic E-state index is 13.4. The summed E-state index contributed by atoms with van der Waals surface area (Å²) in [5.74, 6) is 0.363. The predicted molar refractivity (Wildman–Crippen MR) is 108 cm³/mol. The van der Waals surface area contributed by atoms with E-state index >= 15 is 0 Å². The molecule has 2 aliphatic rings. The number of nitrogens with zero attached hydrogens (tertiary/aromatic N) is 3. The molecule has 0 radical (unpaired) electrons. The summed E-state index contributed by atoms with van der Waals surface area (Å²) in [5.41, 5.74) is 6.57. The molecule has 2 aromatic heterocycles. The number of hydrogen-bond donors (Lipinski definition) is 3. The standard InChI is InChI=1S/C20H23FN6O2/c1-12-8-14(25-16-9-15(22)23-11-24-16)19(29)27-17(12)18(28)26-20(27)6-3-2-4-13(10-20)5-7-21/h8-11H,2-7H2,1H3,(H,26,28)(H3,22,23,24,25). The summed E-state index contributed by atoms with van der Waals surface area (Å²) < 4.78 is 14.5. The van der Waals surface area contributed by atoms with E-state index in [2.05, 4.69) is 20.6 Å². The molecule has 0 aromatic carbocycles. The van der Waals surface area contributed by atoms with E-state index in [4.69, 9.17) is 5.73 Å². The zero-order valence-electron chi connectivity index (χ0n) is 16.2. The highest BCUT2D eigenvalue weighted by Crippen LogP contribution is 2.36. The Morgan fingerprint density at radius 1 is 1.31 bits per heavy atom. The Bertz CT molecular complexity index is 1060. The lowest BCUT2D eigenvalue weighted by molar-refractivity contribution is 0.0934. The van der Waals surface area contributed by atoms with Crippen molar-refractivity contribution in [2.24, 2.45) is 0 Å². The van der Waals surface area contributed by atoms with Crippen LogP contribution in [0.3, 0.4) is 0 Å². The van der Waals surface area contributed by atoms with Gasteiger partial charge in [-0.25, -0.2) is 9.97 Å². The van der Waals surface area contributed by atoms with Crippen LogP contribution < -0.4 is 21.9 Å². The fraction of sp³-hybridized carbons (Fsp3) is 0.400. The van der Waals surface area contributed by atoms with Crippen molar-refractivity contribution in [3.05, 3.63) is 51.7 Å². The fourth-order valence-electron chi connectivity index (χ4n) is 4.21. The molecule has 1 amide bonds. The van der Waals surface area contributed by atoms with Crippen LogP contribution in [-0.2, 0) is 5.66 Å². The van der Waals surface area contributed by atoms with Gasteiger partial charge in [-0.3, -0.25) is 18.5 Å². The zero-order chi connectivity index (χ0) is 20.6. The monoisotopic (exact) mass is 398 g/mol. The number of amides is 1. The average Bonchev–Trinajstić information content (AvgIpc) is 2.81. The topological polar surface area (TPSA) is 115 Å². The van der Waals surface area contributed by atoms with Gasteiger partial charge in [0.05, 0.1) is 6.67 Å². The van der Waals surface area contributed by atoms with Gasteiger partial charge < -0.3 is 16.4 Å². The molecule has 1 unspecified atom stereocenters. The number of nitrogens with two attached hydrogens (primary N) is 1. The Balaban J connectivity index is 1.86. The van der Waals surface area contributed by atoms with Crippen LogP contribution in [0.15, 0.2) is 34.9 Å². The number of nitrogen functional groups attached to an aromatic ring is 1. The third-order valence-electron chi connectivity index (χ3n) is 5.45. The quantitative estimate of drug-likeness (QED) is 0.682. The van der Waals surface area contributed by atoms with Gasteiger partial charge in [0.25, 0.3) is 11.5 Å². The first-order valence-corrected chi connectivity index (χ1v) is 9.64. The number of pyridine rings is 1. The Hall–Kier alpha value is -3.23. The molecule has 0 bridgehead atoms. The molecule has 1 aliphatic carbocycles. The number of fused-ring (bicyclic) bond motifs is 2. The van der Waals surface area contributed by atoms with E-state index in [1.807, 2.05) is 6.08 Å². The molecule has 29 heavy (non-hydrogen) atoms. The van der Waals surface area contributed by atoms with Gasteiger partial charge in [0, 0.05) is 6.07 Å². The molecular weight excluding hydrogens is 375 g/mol. The molecular formula is C20H23FN6O2. The summed E-state index contributed by atoms with van der Waals surface area (Å²) in [6.45, 7) is 1.32. The first-order chi connectivity index (χ1) is 13.9. The molecule has 4 N–H and O–H groups in total. The molecule has 3 heterocycles. The van der Waals surface area contributed by atoms with E-state index in [0.29, 0.717) is 29.9 Å². The molecule has 1 atom stereocenters. The van der Waals surface area contributed by atoms with Crippen LogP contribution in [0, 0.1) is 6.92 Å². The van der Waals surface area contributed by atoms with Crippen LogP contribution in [0.1, 0.15) is 48.2 Å². The van der Waals surface area contributed by atoms with E-state index in [1.54, 1.807) is 13.0 Å². The van der Waals surface area contributed by atoms with Crippen molar-refractivity contribution < 1.29 is 9.18 Å². The molecule has 0 saturated heterocycles. The largest absolute Gasteiger partial charge is 0.384 e. The van der Waals surface area contributed by atoms with Crippen molar-refractivity contribution in [3.63, 3.8) is 0 Å². The normalized spacial score (nSPS) is 20.8. The van der Waals surface area contributed by atoms with Gasteiger partial charge in [-0.05, 0) is 56.7 Å². The molecule has 152 valence electrons. The number of aryl methyl sites for hydroxylation is 1. The summed E-state index contributed by atoms with van der Waals surface area (Å²) in [7, 11) is 0. The average molecular weight is 398 g/mol. The number of alkyl halides is 1. The lowest BCUT2D eigenvalue weighted by Gasteiger charge is -2.28. The number of carbonyl (C=O) groups excluding carboxylic acids is 1. The molecule has 4 rings (SSSR count). The highest BCUT2D eigenvalue weighted by molar-refractivity contribution is 5.97. The summed E-state index contributed by atoms with van der Waals surface area (Å²) in [5, 5.41) is 5.98. The predicted octanol–water partition coefficient (Wildman–Crippen LogP) is 2.53. The van der Waals surface area contributed by atoms with E-state index in [1.165, 1.54) is 17.0 Å². The van der Waals surface area contributed by atoms with Crippen LogP contribution in [-0.4, -0.2) is 27.1 Å². The molecule has 2 aromatic rings. The number of aromatic nitrogens is 3. The minimum atomic E-state index is -0.975. The maximum Gasteiger partial charge on any atom is 0.277 e. The summed E-state index contributed by atoms with van der Waals surface area (Å²) in [6.07, 6.45) is 6.54. The van der Waals surface area contributed by atoms with Crippen LogP contribution in [0.5, 0.6) is 0 Å². The minimum absolute atomic E-state index is 0.274. The summed E-state index contributed by atoms with van der Waals surface area (Å²) >= 11 is 0. The Labute approximate surface area is 167 Å².